The molecule has 230 valence electrons. The monoisotopic (exact) mass is 638 g/mol. The minimum absolute atomic E-state index is 0.0240. The molecule has 2 heterocycles. The van der Waals surface area contributed by atoms with E-state index in [2.05, 4.69) is 11.4 Å². The number of carbonyl (C=O) groups excluding carboxylic acids is 2. The highest BCUT2D eigenvalue weighted by molar-refractivity contribution is 6.31. The zero-order valence-electron chi connectivity index (χ0n) is 24.8. The number of halogens is 4. The van der Waals surface area contributed by atoms with E-state index in [4.69, 9.17) is 23.2 Å². The summed E-state index contributed by atoms with van der Waals surface area (Å²) in [6.45, 7) is 6.51. The minimum atomic E-state index is -1.71. The van der Waals surface area contributed by atoms with Crippen LogP contribution in [0, 0.1) is 29.9 Å². The van der Waals surface area contributed by atoms with Crippen molar-refractivity contribution in [3.8, 4) is 6.07 Å². The van der Waals surface area contributed by atoms with Gasteiger partial charge in [0, 0.05) is 55.1 Å². The molecule has 2 fully saturated rings. The summed E-state index contributed by atoms with van der Waals surface area (Å²) < 4.78 is 31.9. The summed E-state index contributed by atoms with van der Waals surface area (Å²) in [4.78, 5) is 30.0. The fourth-order valence-electron chi connectivity index (χ4n) is 6.97. The van der Waals surface area contributed by atoms with Crippen molar-refractivity contribution in [2.75, 3.05) is 13.1 Å². The maximum absolute atomic E-state index is 16.0. The van der Waals surface area contributed by atoms with Gasteiger partial charge < -0.3 is 10.2 Å². The summed E-state index contributed by atoms with van der Waals surface area (Å²) in [5.74, 6) is -3.04. The van der Waals surface area contributed by atoms with E-state index in [9.17, 15) is 14.9 Å². The number of benzene rings is 3. The second-order valence-corrected chi connectivity index (χ2v) is 12.6. The predicted molar refractivity (Wildman–Crippen MR) is 166 cm³/mol. The van der Waals surface area contributed by atoms with E-state index in [1.165, 1.54) is 31.2 Å². The summed E-state index contributed by atoms with van der Waals surface area (Å²) in [5, 5.41) is 14.2. The number of nitriles is 1. The average Bonchev–Trinajstić information content (AvgIpc) is 3.23. The van der Waals surface area contributed by atoms with E-state index in [0.29, 0.717) is 25.9 Å². The first-order valence-corrected chi connectivity index (χ1v) is 15.4. The van der Waals surface area contributed by atoms with Crippen molar-refractivity contribution < 1.29 is 18.4 Å². The molecule has 0 bridgehead atoms. The van der Waals surface area contributed by atoms with Crippen LogP contribution >= 0.6 is 23.2 Å². The van der Waals surface area contributed by atoms with Crippen LogP contribution in [-0.4, -0.2) is 52.8 Å². The molecule has 44 heavy (non-hydrogen) atoms. The molecule has 3 aromatic rings. The fraction of sp³-hybridized carbons (Fsp3) is 0.382. The van der Waals surface area contributed by atoms with Crippen LogP contribution in [0.4, 0.5) is 8.78 Å². The topological polar surface area (TPSA) is 76.4 Å². The van der Waals surface area contributed by atoms with Gasteiger partial charge in [0.25, 0.3) is 0 Å². The lowest BCUT2D eigenvalue weighted by Crippen LogP contribution is -2.52. The number of rotatable bonds is 6. The molecule has 0 aromatic heterocycles. The van der Waals surface area contributed by atoms with Gasteiger partial charge in [-0.15, -0.1) is 0 Å². The Balaban J connectivity index is 1.69. The molecule has 10 heteroatoms. The van der Waals surface area contributed by atoms with Crippen molar-refractivity contribution in [1.82, 2.24) is 15.1 Å². The summed E-state index contributed by atoms with van der Waals surface area (Å²) in [6, 6.07) is 16.6. The van der Waals surface area contributed by atoms with Crippen molar-refractivity contribution in [2.45, 2.75) is 69.6 Å². The molecular weight excluding hydrogens is 605 g/mol. The molecule has 2 saturated heterocycles. The number of piperidine rings is 1. The average molecular weight is 640 g/mol. The largest absolute Gasteiger partial charge is 0.352 e. The number of aryl methyl sites for hydroxylation is 1. The molecule has 4 unspecified atom stereocenters. The number of amides is 2. The first-order chi connectivity index (χ1) is 21.0. The first kappa shape index (κ1) is 31.9. The van der Waals surface area contributed by atoms with E-state index in [-0.39, 0.29) is 39.7 Å². The molecule has 2 aliphatic heterocycles. The number of nitrogens with one attached hydrogen (secondary N) is 1. The Morgan fingerprint density at radius 3 is 2.41 bits per heavy atom. The fourth-order valence-corrected chi connectivity index (χ4v) is 7.31. The van der Waals surface area contributed by atoms with E-state index in [1.807, 2.05) is 36.1 Å². The van der Waals surface area contributed by atoms with Crippen LogP contribution in [0.15, 0.2) is 60.7 Å². The van der Waals surface area contributed by atoms with Gasteiger partial charge in [0.2, 0.25) is 11.8 Å². The van der Waals surface area contributed by atoms with Crippen LogP contribution in [0.3, 0.4) is 0 Å². The Bertz CT molecular complexity index is 1620. The van der Waals surface area contributed by atoms with Crippen LogP contribution in [-0.2, 0) is 21.5 Å². The molecule has 0 aliphatic carbocycles. The second kappa shape index (κ2) is 12.8. The number of likely N-dealkylation sites (tertiary alicyclic amines) is 2. The van der Waals surface area contributed by atoms with Gasteiger partial charge in [0.1, 0.15) is 17.0 Å². The quantitative estimate of drug-likeness (QED) is 0.333. The van der Waals surface area contributed by atoms with Crippen LogP contribution in [0.5, 0.6) is 0 Å². The maximum Gasteiger partial charge on any atom is 0.238 e. The summed E-state index contributed by atoms with van der Waals surface area (Å²) >= 11 is 12.4. The Hall–Kier alpha value is -3.51. The van der Waals surface area contributed by atoms with Crippen molar-refractivity contribution in [2.24, 2.45) is 0 Å². The minimum Gasteiger partial charge on any atom is -0.352 e. The molecule has 4 atom stereocenters. The highest BCUT2D eigenvalue weighted by Crippen LogP contribution is 2.55. The molecule has 2 amide bonds. The van der Waals surface area contributed by atoms with Gasteiger partial charge in [0.05, 0.1) is 17.1 Å². The van der Waals surface area contributed by atoms with Crippen molar-refractivity contribution in [3.63, 3.8) is 0 Å². The lowest BCUT2D eigenvalue weighted by molar-refractivity contribution is -0.130. The standard InChI is InChI=1S/C34H34Cl2F2N4O2/c1-20-7-4-5-8-23(20)18-42-21(2)34(19-39,27-12-11-24(35)17-29(27)37)30(26-9-6-10-28(36)31(26)38)32(42)33(44)40-25-13-15-41(16-14-25)22(3)43/h4-12,17,21,25,30,32H,13-16,18H2,1-3H3,(H,40,44). The molecule has 6 nitrogen and oxygen atoms in total. The van der Waals surface area contributed by atoms with Gasteiger partial charge in [0.15, 0.2) is 0 Å². The first-order valence-electron chi connectivity index (χ1n) is 14.7. The van der Waals surface area contributed by atoms with E-state index >= 15 is 8.78 Å². The summed E-state index contributed by atoms with van der Waals surface area (Å²) in [5.41, 5.74) is 0.277. The zero-order chi connectivity index (χ0) is 31.8. The SMILES string of the molecule is CC(=O)N1CCC(NC(=O)C2C(c3cccc(Cl)c3F)C(C#N)(c3ccc(Cl)cc3F)C(C)N2Cc2ccccc2C)CC1. The van der Waals surface area contributed by atoms with E-state index in [0.717, 1.165) is 17.2 Å². The number of hydrogen-bond donors (Lipinski definition) is 1. The Morgan fingerprint density at radius 1 is 1.07 bits per heavy atom. The van der Waals surface area contributed by atoms with Crippen LogP contribution in [0.1, 0.15) is 54.9 Å². The maximum atomic E-state index is 16.0. The third-order valence-corrected chi connectivity index (χ3v) is 9.89. The molecule has 5 rings (SSSR count). The molecule has 3 aromatic carbocycles. The Kier molecular flexibility index (Phi) is 9.31. The lowest BCUT2D eigenvalue weighted by Gasteiger charge is -2.35. The second-order valence-electron chi connectivity index (χ2n) is 11.7. The van der Waals surface area contributed by atoms with E-state index in [1.54, 1.807) is 17.9 Å². The number of carbonyl (C=O) groups is 2. The van der Waals surface area contributed by atoms with Gasteiger partial charge in [-0.25, -0.2) is 8.78 Å². The summed E-state index contributed by atoms with van der Waals surface area (Å²) in [6.07, 6.45) is 1.10. The highest BCUT2D eigenvalue weighted by Gasteiger charge is 2.63. The van der Waals surface area contributed by atoms with Crippen molar-refractivity contribution in [3.05, 3.63) is 105 Å². The van der Waals surface area contributed by atoms with Gasteiger partial charge in [-0.05, 0) is 61.6 Å². The highest BCUT2D eigenvalue weighted by atomic mass is 35.5. The van der Waals surface area contributed by atoms with Gasteiger partial charge >= 0.3 is 0 Å². The third-order valence-electron chi connectivity index (χ3n) is 9.37. The normalized spacial score (nSPS) is 24.2. The van der Waals surface area contributed by atoms with Crippen molar-refractivity contribution >= 4 is 35.0 Å². The molecule has 0 saturated carbocycles. The third kappa shape index (κ3) is 5.69. The predicted octanol–water partition coefficient (Wildman–Crippen LogP) is 6.53. The number of nitrogens with zero attached hydrogens (tertiary/aromatic N) is 3. The van der Waals surface area contributed by atoms with Crippen LogP contribution < -0.4 is 5.32 Å². The smallest absolute Gasteiger partial charge is 0.238 e. The van der Waals surface area contributed by atoms with Gasteiger partial charge in [-0.1, -0.05) is 65.7 Å². The zero-order valence-corrected chi connectivity index (χ0v) is 26.3. The molecular formula is C34H34Cl2F2N4O2. The van der Waals surface area contributed by atoms with Crippen LogP contribution in [0.2, 0.25) is 10.0 Å². The lowest BCUT2D eigenvalue weighted by atomic mass is 9.65. The molecule has 0 radical (unpaired) electrons. The molecule has 0 spiro atoms. The van der Waals surface area contributed by atoms with Crippen molar-refractivity contribution in [1.29, 1.82) is 5.26 Å². The Morgan fingerprint density at radius 2 is 1.77 bits per heavy atom. The Labute approximate surface area is 266 Å². The van der Waals surface area contributed by atoms with E-state index < -0.39 is 41.0 Å². The molecule has 2 aliphatic rings. The van der Waals surface area contributed by atoms with Gasteiger partial charge in [-0.3, -0.25) is 14.5 Å². The summed E-state index contributed by atoms with van der Waals surface area (Å²) in [7, 11) is 0. The van der Waals surface area contributed by atoms with Gasteiger partial charge in [-0.2, -0.15) is 5.26 Å². The molecule has 1 N–H and O–H groups in total. The number of hydrogen-bond acceptors (Lipinski definition) is 4. The van der Waals surface area contributed by atoms with Crippen LogP contribution in [0.25, 0.3) is 0 Å².